The minimum Gasteiger partial charge on any atom is -0.370 e. The Morgan fingerprint density at radius 1 is 1.20 bits per heavy atom. The van der Waals surface area contributed by atoms with E-state index in [-0.39, 0.29) is 11.5 Å². The molecule has 0 aliphatic rings. The summed E-state index contributed by atoms with van der Waals surface area (Å²) in [6, 6.07) is 6.08. The zero-order chi connectivity index (χ0) is 14.5. The van der Waals surface area contributed by atoms with Gasteiger partial charge in [0.25, 0.3) is 0 Å². The molecule has 0 radical (unpaired) electrons. The van der Waals surface area contributed by atoms with Gasteiger partial charge in [-0.2, -0.15) is 0 Å². The number of aromatic nitrogens is 2. The van der Waals surface area contributed by atoms with Crippen molar-refractivity contribution in [3.05, 3.63) is 40.9 Å². The van der Waals surface area contributed by atoms with Crippen molar-refractivity contribution in [2.45, 2.75) is 20.3 Å². The Hall–Kier alpha value is -1.88. The van der Waals surface area contributed by atoms with Gasteiger partial charge in [-0.15, -0.1) is 0 Å². The normalized spacial score (nSPS) is 10.4. The predicted molar refractivity (Wildman–Crippen MR) is 80.2 cm³/mol. The highest BCUT2D eigenvalue weighted by molar-refractivity contribution is 6.30. The molecular formula is C14H16ClFN4. The van der Waals surface area contributed by atoms with E-state index in [0.29, 0.717) is 22.5 Å². The maximum absolute atomic E-state index is 13.7. The van der Waals surface area contributed by atoms with Crippen molar-refractivity contribution in [1.29, 1.82) is 0 Å². The van der Waals surface area contributed by atoms with E-state index in [9.17, 15) is 4.39 Å². The fourth-order valence-electron chi connectivity index (χ4n) is 1.71. The molecule has 0 amide bonds. The maximum atomic E-state index is 13.7. The van der Waals surface area contributed by atoms with Gasteiger partial charge in [-0.25, -0.2) is 14.4 Å². The highest BCUT2D eigenvalue weighted by Gasteiger charge is 2.06. The van der Waals surface area contributed by atoms with Gasteiger partial charge in [-0.1, -0.05) is 18.5 Å². The Kier molecular flexibility index (Phi) is 4.74. The topological polar surface area (TPSA) is 49.8 Å². The summed E-state index contributed by atoms with van der Waals surface area (Å²) in [7, 11) is 0. The third kappa shape index (κ3) is 3.81. The number of hydrogen-bond donors (Lipinski definition) is 2. The van der Waals surface area contributed by atoms with Gasteiger partial charge in [-0.05, 0) is 31.5 Å². The summed E-state index contributed by atoms with van der Waals surface area (Å²) in [6.45, 7) is 4.68. The second kappa shape index (κ2) is 6.52. The second-order valence-electron chi connectivity index (χ2n) is 4.36. The van der Waals surface area contributed by atoms with Gasteiger partial charge in [0, 0.05) is 17.6 Å². The number of rotatable bonds is 5. The van der Waals surface area contributed by atoms with Crippen molar-refractivity contribution in [1.82, 2.24) is 9.97 Å². The molecule has 0 spiro atoms. The Morgan fingerprint density at radius 3 is 2.70 bits per heavy atom. The number of nitrogens with one attached hydrogen (secondary N) is 2. The molecule has 0 atom stereocenters. The lowest BCUT2D eigenvalue weighted by Gasteiger charge is -2.10. The van der Waals surface area contributed by atoms with Crippen LogP contribution in [-0.4, -0.2) is 16.5 Å². The lowest BCUT2D eigenvalue weighted by atomic mass is 10.3. The molecule has 1 heterocycles. The predicted octanol–water partition coefficient (Wildman–Crippen LogP) is 4.14. The van der Waals surface area contributed by atoms with Crippen LogP contribution >= 0.6 is 11.6 Å². The Labute approximate surface area is 122 Å². The van der Waals surface area contributed by atoms with Crippen molar-refractivity contribution in [3.8, 4) is 0 Å². The molecule has 0 unspecified atom stereocenters. The molecular weight excluding hydrogens is 279 g/mol. The average Bonchev–Trinajstić information content (AvgIpc) is 2.40. The molecule has 0 fully saturated rings. The van der Waals surface area contributed by atoms with E-state index in [0.717, 1.165) is 13.0 Å². The molecule has 1 aromatic heterocycles. The van der Waals surface area contributed by atoms with Crippen molar-refractivity contribution >= 4 is 28.9 Å². The molecule has 2 rings (SSSR count). The van der Waals surface area contributed by atoms with Gasteiger partial charge in [-0.3, -0.25) is 0 Å². The molecule has 20 heavy (non-hydrogen) atoms. The van der Waals surface area contributed by atoms with Crippen LogP contribution in [0.25, 0.3) is 0 Å². The van der Waals surface area contributed by atoms with Crippen molar-refractivity contribution < 1.29 is 4.39 Å². The number of halogens is 2. The highest BCUT2D eigenvalue weighted by atomic mass is 35.5. The van der Waals surface area contributed by atoms with Gasteiger partial charge >= 0.3 is 0 Å². The van der Waals surface area contributed by atoms with Crippen molar-refractivity contribution in [2.75, 3.05) is 17.2 Å². The number of benzene rings is 1. The van der Waals surface area contributed by atoms with E-state index in [1.54, 1.807) is 13.0 Å². The first-order chi connectivity index (χ1) is 9.58. The second-order valence-corrected chi connectivity index (χ2v) is 4.80. The molecule has 6 heteroatoms. The molecule has 0 saturated heterocycles. The van der Waals surface area contributed by atoms with Crippen LogP contribution in [0.5, 0.6) is 0 Å². The number of hydrogen-bond acceptors (Lipinski definition) is 4. The fraction of sp³-hybridized carbons (Fsp3) is 0.286. The Bertz CT molecular complexity index is 604. The summed E-state index contributed by atoms with van der Waals surface area (Å²) in [6.07, 6.45) is 0.995. The minimum absolute atomic E-state index is 0.289. The molecule has 0 aliphatic carbocycles. The Morgan fingerprint density at radius 2 is 1.95 bits per heavy atom. The standard InChI is InChI=1S/C14H16ClFN4/c1-3-6-17-13-8-14(19-9(2)18-13)20-12-7-10(15)4-5-11(12)16/h4-5,7-8H,3,6H2,1-2H3,(H2,17,18,19,20). The number of aryl methyl sites for hydroxylation is 1. The summed E-state index contributed by atoms with van der Waals surface area (Å²) in [4.78, 5) is 8.51. The number of anilines is 3. The monoisotopic (exact) mass is 294 g/mol. The molecule has 0 saturated carbocycles. The molecule has 4 nitrogen and oxygen atoms in total. The molecule has 1 aromatic carbocycles. The smallest absolute Gasteiger partial charge is 0.146 e. The summed E-state index contributed by atoms with van der Waals surface area (Å²) < 4.78 is 13.7. The third-order valence-corrected chi connectivity index (χ3v) is 2.82. The maximum Gasteiger partial charge on any atom is 0.146 e. The van der Waals surface area contributed by atoms with E-state index in [1.165, 1.54) is 18.2 Å². The molecule has 2 N–H and O–H groups in total. The zero-order valence-electron chi connectivity index (χ0n) is 11.4. The third-order valence-electron chi connectivity index (χ3n) is 2.59. The van der Waals surface area contributed by atoms with Crippen LogP contribution in [0.4, 0.5) is 21.7 Å². The van der Waals surface area contributed by atoms with Gasteiger partial charge in [0.15, 0.2) is 0 Å². The molecule has 2 aromatic rings. The largest absolute Gasteiger partial charge is 0.370 e. The van der Waals surface area contributed by atoms with E-state index in [4.69, 9.17) is 11.6 Å². The summed E-state index contributed by atoms with van der Waals surface area (Å²) in [5, 5.41) is 6.56. The minimum atomic E-state index is -0.381. The number of nitrogens with zero attached hydrogens (tertiary/aromatic N) is 2. The van der Waals surface area contributed by atoms with Crippen LogP contribution in [0.15, 0.2) is 24.3 Å². The first-order valence-corrected chi connectivity index (χ1v) is 6.78. The van der Waals surface area contributed by atoms with Gasteiger partial charge in [0.05, 0.1) is 5.69 Å². The summed E-state index contributed by atoms with van der Waals surface area (Å²) in [5.74, 6) is 1.46. The van der Waals surface area contributed by atoms with Crippen LogP contribution in [0, 0.1) is 12.7 Å². The lowest BCUT2D eigenvalue weighted by Crippen LogP contribution is -2.06. The summed E-state index contributed by atoms with van der Waals surface area (Å²) in [5.41, 5.74) is 0.289. The van der Waals surface area contributed by atoms with Crippen LogP contribution in [0.1, 0.15) is 19.2 Å². The quantitative estimate of drug-likeness (QED) is 0.870. The van der Waals surface area contributed by atoms with E-state index in [2.05, 4.69) is 27.5 Å². The van der Waals surface area contributed by atoms with Crippen LogP contribution in [0.2, 0.25) is 5.02 Å². The van der Waals surface area contributed by atoms with Crippen molar-refractivity contribution in [2.24, 2.45) is 0 Å². The SMILES string of the molecule is CCCNc1cc(Nc2cc(Cl)ccc2F)nc(C)n1. The Balaban J connectivity index is 2.24. The van der Waals surface area contributed by atoms with Gasteiger partial charge in [0.2, 0.25) is 0 Å². The van der Waals surface area contributed by atoms with E-state index < -0.39 is 0 Å². The lowest BCUT2D eigenvalue weighted by molar-refractivity contribution is 0.632. The van der Waals surface area contributed by atoms with Gasteiger partial charge < -0.3 is 10.6 Å². The van der Waals surface area contributed by atoms with E-state index in [1.807, 2.05) is 0 Å². The first-order valence-electron chi connectivity index (χ1n) is 6.40. The highest BCUT2D eigenvalue weighted by Crippen LogP contribution is 2.23. The molecule has 106 valence electrons. The summed E-state index contributed by atoms with van der Waals surface area (Å²) >= 11 is 5.86. The van der Waals surface area contributed by atoms with Crippen LogP contribution < -0.4 is 10.6 Å². The average molecular weight is 295 g/mol. The zero-order valence-corrected chi connectivity index (χ0v) is 12.1. The van der Waals surface area contributed by atoms with E-state index >= 15 is 0 Å². The van der Waals surface area contributed by atoms with Crippen LogP contribution in [-0.2, 0) is 0 Å². The van der Waals surface area contributed by atoms with Crippen molar-refractivity contribution in [3.63, 3.8) is 0 Å². The first kappa shape index (κ1) is 14.5. The van der Waals surface area contributed by atoms with Crippen LogP contribution in [0.3, 0.4) is 0 Å². The fourth-order valence-corrected chi connectivity index (χ4v) is 1.88. The van der Waals surface area contributed by atoms with Gasteiger partial charge in [0.1, 0.15) is 23.3 Å². The molecule has 0 aliphatic heterocycles. The molecule has 0 bridgehead atoms.